The summed E-state index contributed by atoms with van der Waals surface area (Å²) in [7, 11) is 0. The van der Waals surface area contributed by atoms with Gasteiger partial charge in [-0.3, -0.25) is 9.69 Å². The molecule has 1 heterocycles. The van der Waals surface area contributed by atoms with Gasteiger partial charge in [-0.05, 0) is 56.5 Å². The summed E-state index contributed by atoms with van der Waals surface area (Å²) < 4.78 is 5.70. The lowest BCUT2D eigenvalue weighted by Gasteiger charge is -2.21. The Morgan fingerprint density at radius 2 is 2.21 bits per heavy atom. The second kappa shape index (κ2) is 6.06. The Morgan fingerprint density at radius 1 is 1.42 bits per heavy atom. The Bertz CT molecular complexity index is 459. The number of carboxylic acids is 1. The summed E-state index contributed by atoms with van der Waals surface area (Å²) in [6, 6.07) is 5.69. The molecule has 0 amide bonds. The third-order valence-corrected chi connectivity index (χ3v) is 3.77. The number of ether oxygens (including phenoxy) is 1. The van der Waals surface area contributed by atoms with Crippen molar-refractivity contribution in [2.45, 2.75) is 32.7 Å². The van der Waals surface area contributed by atoms with E-state index in [1.54, 1.807) is 0 Å². The third-order valence-electron chi connectivity index (χ3n) is 3.77. The van der Waals surface area contributed by atoms with Crippen molar-refractivity contribution in [3.63, 3.8) is 0 Å². The molecular formula is C15H21NO3. The minimum Gasteiger partial charge on any atom is -0.492 e. The molecule has 1 unspecified atom stereocenters. The molecule has 0 aromatic heterocycles. The minimum atomic E-state index is -0.719. The number of rotatable bonds is 5. The van der Waals surface area contributed by atoms with E-state index in [4.69, 9.17) is 9.84 Å². The number of hydrogen-bond acceptors (Lipinski definition) is 3. The first-order valence-corrected chi connectivity index (χ1v) is 6.75. The molecule has 104 valence electrons. The summed E-state index contributed by atoms with van der Waals surface area (Å²) in [6.07, 6.45) is 1.71. The van der Waals surface area contributed by atoms with Gasteiger partial charge in [-0.15, -0.1) is 0 Å². The highest BCUT2D eigenvalue weighted by Crippen LogP contribution is 2.18. The van der Waals surface area contributed by atoms with Crippen molar-refractivity contribution in [1.29, 1.82) is 0 Å². The molecular weight excluding hydrogens is 242 g/mol. The molecule has 1 aliphatic heterocycles. The van der Waals surface area contributed by atoms with Crippen LogP contribution in [0.3, 0.4) is 0 Å². The van der Waals surface area contributed by atoms with Crippen molar-refractivity contribution < 1.29 is 14.6 Å². The van der Waals surface area contributed by atoms with Gasteiger partial charge in [-0.1, -0.05) is 6.07 Å². The van der Waals surface area contributed by atoms with E-state index in [0.29, 0.717) is 13.2 Å². The van der Waals surface area contributed by atoms with E-state index in [1.807, 2.05) is 23.1 Å². The Hall–Kier alpha value is -1.55. The summed E-state index contributed by atoms with van der Waals surface area (Å²) in [5.74, 6) is 0.137. The summed E-state index contributed by atoms with van der Waals surface area (Å²) in [5, 5.41) is 9.08. The van der Waals surface area contributed by atoms with Gasteiger partial charge in [-0.2, -0.15) is 0 Å². The number of benzene rings is 1. The molecule has 1 fully saturated rings. The zero-order chi connectivity index (χ0) is 13.8. The van der Waals surface area contributed by atoms with Crippen LogP contribution >= 0.6 is 0 Å². The van der Waals surface area contributed by atoms with Crippen molar-refractivity contribution in [1.82, 2.24) is 4.90 Å². The lowest BCUT2D eigenvalue weighted by Crippen LogP contribution is -2.38. The molecule has 1 aromatic carbocycles. The van der Waals surface area contributed by atoms with E-state index >= 15 is 0 Å². The normalized spacial score (nSPS) is 19.6. The SMILES string of the molecule is Cc1ccc(OCCN2CCCC2C(=O)O)cc1C. The Morgan fingerprint density at radius 3 is 2.89 bits per heavy atom. The van der Waals surface area contributed by atoms with Crippen LogP contribution in [0.15, 0.2) is 18.2 Å². The lowest BCUT2D eigenvalue weighted by atomic mass is 10.1. The Balaban J connectivity index is 1.83. The van der Waals surface area contributed by atoms with Crippen LogP contribution in [0.4, 0.5) is 0 Å². The summed E-state index contributed by atoms with van der Waals surface area (Å²) in [6.45, 7) is 6.19. The van der Waals surface area contributed by atoms with Gasteiger partial charge < -0.3 is 9.84 Å². The lowest BCUT2D eigenvalue weighted by molar-refractivity contribution is -0.142. The van der Waals surface area contributed by atoms with Gasteiger partial charge in [-0.25, -0.2) is 0 Å². The maximum absolute atomic E-state index is 11.0. The fraction of sp³-hybridized carbons (Fsp3) is 0.533. The molecule has 0 spiro atoms. The maximum Gasteiger partial charge on any atom is 0.320 e. The topological polar surface area (TPSA) is 49.8 Å². The maximum atomic E-state index is 11.0. The summed E-state index contributed by atoms with van der Waals surface area (Å²) in [5.41, 5.74) is 2.46. The van der Waals surface area contributed by atoms with Crippen molar-refractivity contribution in [2.75, 3.05) is 19.7 Å². The number of hydrogen-bond donors (Lipinski definition) is 1. The molecule has 4 heteroatoms. The molecule has 0 bridgehead atoms. The molecule has 0 radical (unpaired) electrons. The molecule has 1 saturated heterocycles. The van der Waals surface area contributed by atoms with E-state index in [9.17, 15) is 4.79 Å². The van der Waals surface area contributed by atoms with Crippen LogP contribution in [0.1, 0.15) is 24.0 Å². The number of carboxylic acid groups (broad SMARTS) is 1. The van der Waals surface area contributed by atoms with Crippen LogP contribution in [0, 0.1) is 13.8 Å². The molecule has 0 aliphatic carbocycles. The largest absolute Gasteiger partial charge is 0.492 e. The highest BCUT2D eigenvalue weighted by Gasteiger charge is 2.29. The van der Waals surface area contributed by atoms with E-state index in [0.717, 1.165) is 25.1 Å². The van der Waals surface area contributed by atoms with E-state index in [1.165, 1.54) is 11.1 Å². The Labute approximate surface area is 114 Å². The van der Waals surface area contributed by atoms with Gasteiger partial charge in [0.2, 0.25) is 0 Å². The van der Waals surface area contributed by atoms with Crippen molar-refractivity contribution in [3.8, 4) is 5.75 Å². The number of aliphatic carboxylic acids is 1. The predicted octanol–water partition coefficient (Wildman–Crippen LogP) is 2.23. The van der Waals surface area contributed by atoms with Crippen LogP contribution in [0.25, 0.3) is 0 Å². The fourth-order valence-corrected chi connectivity index (χ4v) is 2.46. The van der Waals surface area contributed by atoms with Gasteiger partial charge >= 0.3 is 5.97 Å². The molecule has 1 aliphatic rings. The molecule has 2 rings (SSSR count). The zero-order valence-corrected chi connectivity index (χ0v) is 11.6. The van der Waals surface area contributed by atoms with Crippen LogP contribution in [0.5, 0.6) is 5.75 Å². The minimum absolute atomic E-state index is 0.330. The molecule has 4 nitrogen and oxygen atoms in total. The summed E-state index contributed by atoms with van der Waals surface area (Å²) >= 11 is 0. The number of likely N-dealkylation sites (tertiary alicyclic amines) is 1. The average molecular weight is 263 g/mol. The van der Waals surface area contributed by atoms with E-state index in [2.05, 4.69) is 13.8 Å². The smallest absolute Gasteiger partial charge is 0.320 e. The molecule has 1 aromatic rings. The van der Waals surface area contributed by atoms with Crippen LogP contribution < -0.4 is 4.74 Å². The quantitative estimate of drug-likeness (QED) is 0.885. The van der Waals surface area contributed by atoms with Gasteiger partial charge in [0, 0.05) is 6.54 Å². The molecule has 19 heavy (non-hydrogen) atoms. The van der Waals surface area contributed by atoms with E-state index < -0.39 is 5.97 Å². The van der Waals surface area contributed by atoms with Crippen molar-refractivity contribution in [2.24, 2.45) is 0 Å². The van der Waals surface area contributed by atoms with E-state index in [-0.39, 0.29) is 6.04 Å². The second-order valence-corrected chi connectivity index (χ2v) is 5.13. The first-order valence-electron chi connectivity index (χ1n) is 6.75. The molecule has 0 saturated carbocycles. The monoisotopic (exact) mass is 263 g/mol. The average Bonchev–Trinajstić information content (AvgIpc) is 2.82. The van der Waals surface area contributed by atoms with Crippen LogP contribution in [-0.4, -0.2) is 41.7 Å². The van der Waals surface area contributed by atoms with Crippen LogP contribution in [-0.2, 0) is 4.79 Å². The van der Waals surface area contributed by atoms with Crippen molar-refractivity contribution >= 4 is 5.97 Å². The van der Waals surface area contributed by atoms with Gasteiger partial charge in [0.15, 0.2) is 0 Å². The van der Waals surface area contributed by atoms with Gasteiger partial charge in [0.1, 0.15) is 18.4 Å². The fourth-order valence-electron chi connectivity index (χ4n) is 2.46. The second-order valence-electron chi connectivity index (χ2n) is 5.13. The highest BCUT2D eigenvalue weighted by atomic mass is 16.5. The number of carbonyl (C=O) groups is 1. The first-order chi connectivity index (χ1) is 9.08. The highest BCUT2D eigenvalue weighted by molar-refractivity contribution is 5.73. The Kier molecular flexibility index (Phi) is 4.43. The van der Waals surface area contributed by atoms with Crippen molar-refractivity contribution in [3.05, 3.63) is 29.3 Å². The number of aryl methyl sites for hydroxylation is 2. The number of nitrogens with zero attached hydrogens (tertiary/aromatic N) is 1. The predicted molar refractivity (Wildman–Crippen MR) is 73.6 cm³/mol. The summed E-state index contributed by atoms with van der Waals surface area (Å²) in [4.78, 5) is 13.0. The molecule has 1 N–H and O–H groups in total. The standard InChI is InChI=1S/C15H21NO3/c1-11-5-6-13(10-12(11)2)19-9-8-16-7-3-4-14(16)15(17)18/h5-6,10,14H,3-4,7-9H2,1-2H3,(H,17,18). The van der Waals surface area contributed by atoms with Gasteiger partial charge in [0.25, 0.3) is 0 Å². The third kappa shape index (κ3) is 3.47. The first kappa shape index (κ1) is 13.9. The van der Waals surface area contributed by atoms with Crippen LogP contribution in [0.2, 0.25) is 0 Å². The molecule has 1 atom stereocenters. The zero-order valence-electron chi connectivity index (χ0n) is 11.6. The van der Waals surface area contributed by atoms with Gasteiger partial charge in [0.05, 0.1) is 0 Å².